The van der Waals surface area contributed by atoms with Gasteiger partial charge in [0.25, 0.3) is 5.91 Å². The average Bonchev–Trinajstić information content (AvgIpc) is 3.13. The first kappa shape index (κ1) is 22.7. The van der Waals surface area contributed by atoms with Gasteiger partial charge >= 0.3 is 11.6 Å². The van der Waals surface area contributed by atoms with Gasteiger partial charge in [-0.2, -0.15) is 4.99 Å². The number of ether oxygens (including phenoxy) is 1. The number of aromatic nitrogens is 1. The maximum absolute atomic E-state index is 13.0. The fraction of sp³-hybridized carbons (Fsp3) is 0.280. The number of rotatable bonds is 7. The summed E-state index contributed by atoms with van der Waals surface area (Å²) in [5.74, 6) is -1.14. The van der Waals surface area contributed by atoms with Gasteiger partial charge in [0.1, 0.15) is 17.7 Å². The van der Waals surface area contributed by atoms with Gasteiger partial charge in [0.2, 0.25) is 0 Å². The molecule has 0 N–H and O–H groups in total. The Morgan fingerprint density at radius 2 is 1.94 bits per heavy atom. The first-order valence-electron chi connectivity index (χ1n) is 10.9. The number of thiazole rings is 1. The van der Waals surface area contributed by atoms with Gasteiger partial charge < -0.3 is 13.7 Å². The first-order chi connectivity index (χ1) is 16.0. The molecule has 0 aliphatic carbocycles. The molecule has 7 nitrogen and oxygen atoms in total. The van der Waals surface area contributed by atoms with Gasteiger partial charge in [-0.25, -0.2) is 4.79 Å². The van der Waals surface area contributed by atoms with Crippen molar-refractivity contribution in [1.29, 1.82) is 0 Å². The van der Waals surface area contributed by atoms with E-state index in [0.717, 1.165) is 29.5 Å². The lowest BCUT2D eigenvalue weighted by molar-refractivity contribution is -0.143. The summed E-state index contributed by atoms with van der Waals surface area (Å²) >= 11 is 1.30. The van der Waals surface area contributed by atoms with E-state index >= 15 is 0 Å². The fourth-order valence-electron chi connectivity index (χ4n) is 3.59. The molecule has 0 unspecified atom stereocenters. The maximum atomic E-state index is 13.0. The van der Waals surface area contributed by atoms with Crippen molar-refractivity contribution in [2.45, 2.75) is 39.7 Å². The second-order valence-electron chi connectivity index (χ2n) is 7.58. The third-order valence-corrected chi connectivity index (χ3v) is 6.27. The fourth-order valence-corrected chi connectivity index (χ4v) is 4.68. The van der Waals surface area contributed by atoms with Crippen LogP contribution in [0.2, 0.25) is 0 Å². The second kappa shape index (κ2) is 9.95. The van der Waals surface area contributed by atoms with Gasteiger partial charge in [0, 0.05) is 5.39 Å². The monoisotopic (exact) mass is 464 g/mol. The Labute approximate surface area is 194 Å². The van der Waals surface area contributed by atoms with Gasteiger partial charge in [-0.15, -0.1) is 0 Å². The second-order valence-corrected chi connectivity index (χ2v) is 8.59. The van der Waals surface area contributed by atoms with Gasteiger partial charge in [0.05, 0.1) is 16.8 Å². The predicted octanol–water partition coefficient (Wildman–Crippen LogP) is 4.46. The molecule has 0 spiro atoms. The highest BCUT2D eigenvalue weighted by molar-refractivity contribution is 7.16. The minimum atomic E-state index is -0.748. The highest BCUT2D eigenvalue weighted by Gasteiger charge is 2.16. The third-order valence-electron chi connectivity index (χ3n) is 5.23. The van der Waals surface area contributed by atoms with Crippen LogP contribution >= 0.6 is 11.3 Å². The van der Waals surface area contributed by atoms with Gasteiger partial charge in [-0.05, 0) is 49.6 Å². The standard InChI is InChI=1S/C25H24N2O5S/c1-3-5-8-16-11-12-19-21(13-16)33-25(27(19)15-22(28)31-4-2)26-23(29)18-14-17-9-6-7-10-20(17)32-24(18)30/h6-7,9-14H,3-5,8,15H2,1-2H3. The highest BCUT2D eigenvalue weighted by Crippen LogP contribution is 2.21. The molecule has 2 aromatic carbocycles. The zero-order valence-electron chi connectivity index (χ0n) is 18.5. The van der Waals surface area contributed by atoms with E-state index in [-0.39, 0.29) is 18.7 Å². The minimum absolute atomic E-state index is 0.0828. The van der Waals surface area contributed by atoms with Crippen LogP contribution in [0.25, 0.3) is 21.2 Å². The number of hydrogen-bond donors (Lipinski definition) is 0. The Bertz CT molecular complexity index is 1460. The Kier molecular flexibility index (Phi) is 6.84. The Morgan fingerprint density at radius 1 is 1.12 bits per heavy atom. The summed E-state index contributed by atoms with van der Waals surface area (Å²) in [6, 6.07) is 14.5. The Balaban J connectivity index is 1.82. The van der Waals surface area contributed by atoms with E-state index < -0.39 is 17.5 Å². The van der Waals surface area contributed by atoms with Crippen LogP contribution in [0.4, 0.5) is 0 Å². The van der Waals surface area contributed by atoms with Crippen LogP contribution in [0.1, 0.15) is 42.6 Å². The summed E-state index contributed by atoms with van der Waals surface area (Å²) in [4.78, 5) is 42.2. The molecule has 4 rings (SSSR count). The quantitative estimate of drug-likeness (QED) is 0.298. The summed E-state index contributed by atoms with van der Waals surface area (Å²) in [7, 11) is 0. The van der Waals surface area contributed by atoms with Gasteiger partial charge in [0.15, 0.2) is 4.80 Å². The average molecular weight is 465 g/mol. The molecule has 0 saturated heterocycles. The van der Waals surface area contributed by atoms with E-state index in [4.69, 9.17) is 9.15 Å². The number of unbranched alkanes of at least 4 members (excludes halogenated alkanes) is 1. The molecule has 0 atom stereocenters. The number of hydrogen-bond acceptors (Lipinski definition) is 6. The Hall–Kier alpha value is -3.52. The van der Waals surface area contributed by atoms with Crippen LogP contribution in [0.5, 0.6) is 0 Å². The molecule has 0 radical (unpaired) electrons. The summed E-state index contributed by atoms with van der Waals surface area (Å²) in [5, 5.41) is 0.631. The number of benzene rings is 2. The van der Waals surface area contributed by atoms with Gasteiger partial charge in [-0.3, -0.25) is 9.59 Å². The van der Waals surface area contributed by atoms with Crippen molar-refractivity contribution in [1.82, 2.24) is 4.57 Å². The van der Waals surface area contributed by atoms with Crippen molar-refractivity contribution >= 4 is 44.4 Å². The van der Waals surface area contributed by atoms with E-state index in [9.17, 15) is 14.4 Å². The Morgan fingerprint density at radius 3 is 2.73 bits per heavy atom. The van der Waals surface area contributed by atoms with Crippen molar-refractivity contribution in [3.8, 4) is 0 Å². The molecule has 0 bridgehead atoms. The van der Waals surface area contributed by atoms with Gasteiger partial charge in [-0.1, -0.05) is 48.9 Å². The highest BCUT2D eigenvalue weighted by atomic mass is 32.1. The molecule has 0 aliphatic rings. The molecular weight excluding hydrogens is 440 g/mol. The van der Waals surface area contributed by atoms with Crippen LogP contribution in [0, 0.1) is 0 Å². The molecule has 0 saturated carbocycles. The summed E-state index contributed by atoms with van der Waals surface area (Å²) in [6.07, 6.45) is 3.12. The molecule has 33 heavy (non-hydrogen) atoms. The van der Waals surface area contributed by atoms with Crippen LogP contribution < -0.4 is 10.4 Å². The van der Waals surface area contributed by atoms with E-state index in [1.807, 2.05) is 12.1 Å². The number of fused-ring (bicyclic) bond motifs is 2. The molecule has 0 aliphatic heterocycles. The number of aryl methyl sites for hydroxylation is 1. The zero-order chi connectivity index (χ0) is 23.4. The van der Waals surface area contributed by atoms with Crippen LogP contribution in [0.15, 0.2) is 62.7 Å². The smallest absolute Gasteiger partial charge is 0.349 e. The number of nitrogens with zero attached hydrogens (tertiary/aromatic N) is 2. The topological polar surface area (TPSA) is 90.9 Å². The normalized spacial score (nSPS) is 11.9. The third kappa shape index (κ3) is 4.96. The number of carbonyl (C=O) groups is 2. The van der Waals surface area contributed by atoms with Crippen LogP contribution in [-0.2, 0) is 22.5 Å². The zero-order valence-corrected chi connectivity index (χ0v) is 19.3. The summed E-state index contributed by atoms with van der Waals surface area (Å²) < 4.78 is 12.9. The molecule has 1 amide bonds. The number of amides is 1. The van der Waals surface area contributed by atoms with Crippen molar-refractivity contribution in [2.75, 3.05) is 6.61 Å². The first-order valence-corrected chi connectivity index (χ1v) is 11.7. The number of para-hydroxylation sites is 1. The van der Waals surface area contributed by atoms with Crippen LogP contribution in [0.3, 0.4) is 0 Å². The minimum Gasteiger partial charge on any atom is -0.465 e. The molecule has 170 valence electrons. The van der Waals surface area contributed by atoms with E-state index in [1.165, 1.54) is 23.0 Å². The maximum Gasteiger partial charge on any atom is 0.349 e. The summed E-state index contributed by atoms with van der Waals surface area (Å²) in [5.41, 5.74) is 1.46. The number of esters is 1. The molecule has 0 fully saturated rings. The summed E-state index contributed by atoms with van der Waals surface area (Å²) in [6.45, 7) is 4.05. The van der Waals surface area contributed by atoms with Crippen molar-refractivity contribution in [3.63, 3.8) is 0 Å². The van der Waals surface area contributed by atoms with Crippen LogP contribution in [-0.4, -0.2) is 23.1 Å². The van der Waals surface area contributed by atoms with Crippen molar-refractivity contribution in [2.24, 2.45) is 4.99 Å². The van der Waals surface area contributed by atoms with E-state index in [2.05, 4.69) is 18.0 Å². The predicted molar refractivity (Wildman–Crippen MR) is 127 cm³/mol. The lowest BCUT2D eigenvalue weighted by Crippen LogP contribution is -2.24. The lowest BCUT2D eigenvalue weighted by Gasteiger charge is -2.06. The molecule has 8 heteroatoms. The molecule has 2 heterocycles. The van der Waals surface area contributed by atoms with E-state index in [1.54, 1.807) is 35.8 Å². The lowest BCUT2D eigenvalue weighted by atomic mass is 10.1. The van der Waals surface area contributed by atoms with Crippen molar-refractivity contribution in [3.05, 3.63) is 74.9 Å². The van der Waals surface area contributed by atoms with E-state index in [0.29, 0.717) is 15.8 Å². The van der Waals surface area contributed by atoms with Crippen molar-refractivity contribution < 1.29 is 18.7 Å². The molecule has 4 aromatic rings. The molecule has 2 aromatic heterocycles. The largest absolute Gasteiger partial charge is 0.465 e. The SMILES string of the molecule is CCCCc1ccc2c(c1)sc(=NC(=O)c1cc3ccccc3oc1=O)n2CC(=O)OCC. The molecular formula is C25H24N2O5S. The number of carbonyl (C=O) groups excluding carboxylic acids is 2.